The zero-order chi connectivity index (χ0) is 27.2. The number of nitrogens with zero attached hydrogens (tertiary/aromatic N) is 3. The topological polar surface area (TPSA) is 117 Å². The molecule has 1 heterocycles. The summed E-state index contributed by atoms with van der Waals surface area (Å²) in [6.07, 6.45) is 1.68. The molecule has 10 heteroatoms. The monoisotopic (exact) mass is 530 g/mol. The van der Waals surface area contributed by atoms with Crippen molar-refractivity contribution in [3.05, 3.63) is 92.8 Å². The van der Waals surface area contributed by atoms with Crippen LogP contribution in [0.15, 0.2) is 70.4 Å². The number of carbonyl (C=O) groups excluding carboxylic acids is 1. The van der Waals surface area contributed by atoms with E-state index in [4.69, 9.17) is 9.47 Å². The Morgan fingerprint density at radius 2 is 1.84 bits per heavy atom. The van der Waals surface area contributed by atoms with E-state index in [1.165, 1.54) is 16.8 Å². The number of aromatic amines is 1. The van der Waals surface area contributed by atoms with Gasteiger partial charge >= 0.3 is 5.69 Å². The second kappa shape index (κ2) is 11.7. The second-order valence-corrected chi connectivity index (χ2v) is 8.97. The maximum Gasteiger partial charge on any atom is 0.328 e. The van der Waals surface area contributed by atoms with Crippen molar-refractivity contribution in [1.29, 1.82) is 5.26 Å². The van der Waals surface area contributed by atoms with Crippen molar-refractivity contribution in [2.45, 2.75) is 19.9 Å². The number of rotatable bonds is 9. The molecular formula is C28H26N4O5S. The highest BCUT2D eigenvalue weighted by atomic mass is 32.1. The minimum atomic E-state index is -0.515. The van der Waals surface area contributed by atoms with Crippen LogP contribution in [0.1, 0.15) is 17.5 Å². The van der Waals surface area contributed by atoms with E-state index < -0.39 is 11.2 Å². The number of para-hydroxylation sites is 2. The van der Waals surface area contributed by atoms with E-state index >= 15 is 0 Å². The highest BCUT2D eigenvalue weighted by molar-refractivity contribution is 7.80. The first-order valence-electron chi connectivity index (χ1n) is 11.9. The van der Waals surface area contributed by atoms with Gasteiger partial charge in [-0.25, -0.2) is 4.79 Å². The Morgan fingerprint density at radius 3 is 2.55 bits per heavy atom. The van der Waals surface area contributed by atoms with Crippen LogP contribution in [-0.4, -0.2) is 34.9 Å². The van der Waals surface area contributed by atoms with Gasteiger partial charge < -0.3 is 14.4 Å². The highest BCUT2D eigenvalue weighted by Crippen LogP contribution is 2.40. The van der Waals surface area contributed by atoms with E-state index in [1.54, 1.807) is 48.3 Å². The molecule has 0 aliphatic carbocycles. The van der Waals surface area contributed by atoms with Crippen molar-refractivity contribution >= 4 is 35.0 Å². The summed E-state index contributed by atoms with van der Waals surface area (Å²) in [5, 5.41) is 11.1. The number of hydrogen-bond acceptors (Lipinski definition) is 7. The number of fused-ring (bicyclic) bond motifs is 1. The number of amides is 1. The smallest absolute Gasteiger partial charge is 0.328 e. The van der Waals surface area contributed by atoms with Gasteiger partial charge in [0.15, 0.2) is 11.5 Å². The van der Waals surface area contributed by atoms with Crippen molar-refractivity contribution in [2.75, 3.05) is 24.3 Å². The van der Waals surface area contributed by atoms with Crippen LogP contribution < -0.4 is 25.6 Å². The fourth-order valence-corrected chi connectivity index (χ4v) is 4.21. The third-order valence-corrected chi connectivity index (χ3v) is 6.31. The average Bonchev–Trinajstić information content (AvgIpc) is 2.91. The largest absolute Gasteiger partial charge is 0.488 e. The molecule has 0 spiro atoms. The Labute approximate surface area is 224 Å². The van der Waals surface area contributed by atoms with Crippen molar-refractivity contribution in [3.8, 4) is 23.3 Å². The number of anilines is 1. The molecule has 0 aliphatic rings. The van der Waals surface area contributed by atoms with Crippen LogP contribution in [0.3, 0.4) is 0 Å². The molecule has 0 aliphatic heterocycles. The number of carbonyl (C=O) groups is 1. The Bertz CT molecular complexity index is 1650. The molecule has 0 fully saturated rings. The SMILES string of the molecule is Cc1c(Oc2ccccc2OCCn2ccc(=O)[nH]c2=O)cc(N(C)C(=O)CCS)c2ccc(C#N)cc12. The van der Waals surface area contributed by atoms with Crippen LogP contribution in [-0.2, 0) is 11.3 Å². The minimum absolute atomic E-state index is 0.0957. The first-order valence-corrected chi connectivity index (χ1v) is 12.5. The molecule has 194 valence electrons. The number of aromatic nitrogens is 2. The Balaban J connectivity index is 1.68. The van der Waals surface area contributed by atoms with Crippen LogP contribution >= 0.6 is 12.6 Å². The van der Waals surface area contributed by atoms with Gasteiger partial charge in [-0.1, -0.05) is 18.2 Å². The number of hydrogen-bond donors (Lipinski definition) is 2. The molecule has 1 N–H and O–H groups in total. The maximum absolute atomic E-state index is 12.7. The van der Waals surface area contributed by atoms with Crippen molar-refractivity contribution in [1.82, 2.24) is 9.55 Å². The number of H-pyrrole nitrogens is 1. The van der Waals surface area contributed by atoms with E-state index in [-0.39, 0.29) is 25.5 Å². The summed E-state index contributed by atoms with van der Waals surface area (Å²) in [7, 11) is 1.70. The van der Waals surface area contributed by atoms with E-state index in [2.05, 4.69) is 23.7 Å². The molecule has 4 aromatic rings. The van der Waals surface area contributed by atoms with Crippen molar-refractivity contribution in [2.24, 2.45) is 0 Å². The van der Waals surface area contributed by atoms with Crippen LogP contribution in [0.5, 0.6) is 17.2 Å². The number of aryl methyl sites for hydroxylation is 1. The standard InChI is InChI=1S/C28H26N4O5S/c1-18-21-15-19(17-29)7-8-20(21)22(31(2)27(34)10-14-38)16-25(18)37-24-6-4-3-5-23(24)36-13-12-32-11-9-26(33)30-28(32)35/h3-9,11,15-16,38H,10,12-14H2,1-2H3,(H,30,33,35). The highest BCUT2D eigenvalue weighted by Gasteiger charge is 2.19. The lowest BCUT2D eigenvalue weighted by Crippen LogP contribution is -2.30. The number of benzene rings is 3. The molecule has 0 bridgehead atoms. The first kappa shape index (κ1) is 26.6. The molecule has 0 atom stereocenters. The predicted molar refractivity (Wildman–Crippen MR) is 149 cm³/mol. The quantitative estimate of drug-likeness (QED) is 0.316. The normalized spacial score (nSPS) is 10.7. The molecule has 1 amide bonds. The van der Waals surface area contributed by atoms with Gasteiger partial charge in [-0.05, 0) is 47.9 Å². The molecular weight excluding hydrogens is 504 g/mol. The van der Waals surface area contributed by atoms with Crippen molar-refractivity contribution < 1.29 is 14.3 Å². The van der Waals surface area contributed by atoms with Gasteiger partial charge in [-0.3, -0.25) is 19.1 Å². The molecule has 0 radical (unpaired) electrons. The fraction of sp³-hybridized carbons (Fsp3) is 0.214. The van der Waals surface area contributed by atoms with E-state index in [0.717, 1.165) is 16.3 Å². The van der Waals surface area contributed by atoms with Crippen LogP contribution in [0, 0.1) is 18.3 Å². The van der Waals surface area contributed by atoms with Crippen LogP contribution in [0.2, 0.25) is 0 Å². The van der Waals surface area contributed by atoms with Gasteiger partial charge in [0.05, 0.1) is 23.9 Å². The lowest BCUT2D eigenvalue weighted by molar-refractivity contribution is -0.117. The average molecular weight is 531 g/mol. The fourth-order valence-electron chi connectivity index (χ4n) is 4.02. The molecule has 0 saturated heterocycles. The maximum atomic E-state index is 12.7. The summed E-state index contributed by atoms with van der Waals surface area (Å²) in [5.41, 5.74) is 0.960. The van der Waals surface area contributed by atoms with Gasteiger partial charge in [-0.2, -0.15) is 17.9 Å². The third-order valence-electron chi connectivity index (χ3n) is 6.08. The lowest BCUT2D eigenvalue weighted by Gasteiger charge is -2.22. The third kappa shape index (κ3) is 5.74. The second-order valence-electron chi connectivity index (χ2n) is 8.52. The van der Waals surface area contributed by atoms with E-state index in [0.29, 0.717) is 34.3 Å². The summed E-state index contributed by atoms with van der Waals surface area (Å²) in [6, 6.07) is 17.7. The van der Waals surface area contributed by atoms with E-state index in [9.17, 15) is 19.6 Å². The zero-order valence-electron chi connectivity index (χ0n) is 20.9. The molecule has 9 nitrogen and oxygen atoms in total. The molecule has 0 unspecified atom stereocenters. The summed E-state index contributed by atoms with van der Waals surface area (Å²) in [4.78, 5) is 39.7. The summed E-state index contributed by atoms with van der Waals surface area (Å²) >= 11 is 4.19. The van der Waals surface area contributed by atoms with Gasteiger partial charge in [0.2, 0.25) is 5.91 Å². The molecule has 4 rings (SSSR count). The summed E-state index contributed by atoms with van der Waals surface area (Å²) < 4.78 is 13.6. The summed E-state index contributed by atoms with van der Waals surface area (Å²) in [6.45, 7) is 2.27. The van der Waals surface area contributed by atoms with Gasteiger partial charge in [0, 0.05) is 37.2 Å². The Kier molecular flexibility index (Phi) is 8.19. The van der Waals surface area contributed by atoms with Gasteiger partial charge in [0.1, 0.15) is 12.4 Å². The van der Waals surface area contributed by atoms with E-state index in [1.807, 2.05) is 19.1 Å². The van der Waals surface area contributed by atoms with Crippen LogP contribution in [0.25, 0.3) is 10.8 Å². The first-order chi connectivity index (χ1) is 18.3. The lowest BCUT2D eigenvalue weighted by atomic mass is 9.99. The Morgan fingerprint density at radius 1 is 1.08 bits per heavy atom. The van der Waals surface area contributed by atoms with Crippen molar-refractivity contribution in [3.63, 3.8) is 0 Å². The number of nitriles is 1. The zero-order valence-corrected chi connectivity index (χ0v) is 21.8. The summed E-state index contributed by atoms with van der Waals surface area (Å²) in [5.74, 6) is 1.72. The number of thiol groups is 1. The van der Waals surface area contributed by atoms with Gasteiger partial charge in [0.25, 0.3) is 5.56 Å². The number of nitrogens with one attached hydrogen (secondary N) is 1. The van der Waals surface area contributed by atoms with Crippen LogP contribution in [0.4, 0.5) is 5.69 Å². The predicted octanol–water partition coefficient (Wildman–Crippen LogP) is 4.02. The number of ether oxygens (including phenoxy) is 2. The molecule has 1 aromatic heterocycles. The molecule has 3 aromatic carbocycles. The van der Waals surface area contributed by atoms with Gasteiger partial charge in [-0.15, -0.1) is 0 Å². The molecule has 38 heavy (non-hydrogen) atoms. The molecule has 0 saturated carbocycles. The minimum Gasteiger partial charge on any atom is -0.488 e. The Hall–Kier alpha value is -4.49.